The number of halogens is 2. The molecule has 9 heteroatoms. The lowest BCUT2D eigenvalue weighted by atomic mass is 9.81. The zero-order valence-corrected chi connectivity index (χ0v) is 11.9. The minimum absolute atomic E-state index is 0.0207. The van der Waals surface area contributed by atoms with E-state index in [-0.39, 0.29) is 22.2 Å². The Kier molecular flexibility index (Phi) is 2.90. The number of carbonyl (C=O) groups is 3. The first-order valence-electron chi connectivity index (χ1n) is 5.86. The van der Waals surface area contributed by atoms with Crippen LogP contribution in [0.3, 0.4) is 0 Å². The van der Waals surface area contributed by atoms with Gasteiger partial charge in [0.2, 0.25) is 0 Å². The number of urea groups is 1. The number of carboxylic acids is 1. The molecule has 1 saturated heterocycles. The van der Waals surface area contributed by atoms with Crippen molar-refractivity contribution in [2.45, 2.75) is 18.1 Å². The Morgan fingerprint density at radius 1 is 1.48 bits per heavy atom. The van der Waals surface area contributed by atoms with Gasteiger partial charge in [-0.2, -0.15) is 0 Å². The van der Waals surface area contributed by atoms with Gasteiger partial charge in [-0.15, -0.1) is 0 Å². The van der Waals surface area contributed by atoms with Crippen LogP contribution in [0.4, 0.5) is 9.18 Å². The van der Waals surface area contributed by atoms with Gasteiger partial charge in [-0.3, -0.25) is 10.1 Å². The summed E-state index contributed by atoms with van der Waals surface area (Å²) in [5.74, 6) is -2.65. The second-order valence-electron chi connectivity index (χ2n) is 4.73. The first-order chi connectivity index (χ1) is 9.83. The fraction of sp³-hybridized carbons (Fsp3) is 0.250. The average molecular weight is 359 g/mol. The van der Waals surface area contributed by atoms with Gasteiger partial charge in [0.25, 0.3) is 5.91 Å². The van der Waals surface area contributed by atoms with Crippen LogP contribution >= 0.6 is 15.9 Å². The maximum Gasteiger partial charge on any atom is 0.345 e. The van der Waals surface area contributed by atoms with E-state index >= 15 is 0 Å². The predicted molar refractivity (Wildman–Crippen MR) is 69.1 cm³/mol. The van der Waals surface area contributed by atoms with Crippen LogP contribution in [0.15, 0.2) is 16.6 Å². The van der Waals surface area contributed by atoms with Gasteiger partial charge < -0.3 is 15.2 Å². The van der Waals surface area contributed by atoms with E-state index in [2.05, 4.69) is 21.2 Å². The summed E-state index contributed by atoms with van der Waals surface area (Å²) in [5, 5.41) is 13.6. The Labute approximate surface area is 125 Å². The fourth-order valence-electron chi connectivity index (χ4n) is 2.53. The summed E-state index contributed by atoms with van der Waals surface area (Å²) in [6, 6.07) is 1.37. The van der Waals surface area contributed by atoms with Crippen LogP contribution in [0.25, 0.3) is 0 Å². The molecule has 2 heterocycles. The molecule has 1 aromatic rings. The standard InChI is InChI=1S/C12H8BrFN2O5/c13-6-2-4(14)1-5-8(6)21-7(9(17)18)3-12(5)10(19)15-11(20)16-12/h1-2,7H,3H2,(H,17,18)(H2,15,16,19,20)/t7-,12-/m0/s1. The number of imide groups is 1. The maximum atomic E-state index is 13.6. The highest BCUT2D eigenvalue weighted by Crippen LogP contribution is 2.45. The Morgan fingerprint density at radius 3 is 2.76 bits per heavy atom. The van der Waals surface area contributed by atoms with E-state index < -0.39 is 35.4 Å². The van der Waals surface area contributed by atoms with Crippen molar-refractivity contribution in [3.8, 4) is 5.75 Å². The smallest absolute Gasteiger partial charge is 0.345 e. The van der Waals surface area contributed by atoms with E-state index in [0.717, 1.165) is 12.1 Å². The third-order valence-electron chi connectivity index (χ3n) is 3.44. The average Bonchev–Trinajstić information content (AvgIpc) is 2.65. The van der Waals surface area contributed by atoms with Crippen molar-refractivity contribution in [2.24, 2.45) is 0 Å². The molecule has 0 radical (unpaired) electrons. The molecule has 3 N–H and O–H groups in total. The molecule has 3 rings (SSSR count). The van der Waals surface area contributed by atoms with Crippen molar-refractivity contribution in [3.05, 3.63) is 28.0 Å². The maximum absolute atomic E-state index is 13.6. The largest absolute Gasteiger partial charge is 0.479 e. The molecule has 110 valence electrons. The lowest BCUT2D eigenvalue weighted by Gasteiger charge is -2.36. The molecule has 0 unspecified atom stereocenters. The number of ether oxygens (including phenoxy) is 1. The van der Waals surface area contributed by atoms with E-state index in [1.54, 1.807) is 0 Å². The molecule has 0 saturated carbocycles. The minimum atomic E-state index is -1.65. The van der Waals surface area contributed by atoms with E-state index in [1.165, 1.54) is 0 Å². The van der Waals surface area contributed by atoms with Crippen molar-refractivity contribution in [2.75, 3.05) is 0 Å². The highest BCUT2D eigenvalue weighted by molar-refractivity contribution is 9.10. The second-order valence-corrected chi connectivity index (χ2v) is 5.58. The monoisotopic (exact) mass is 358 g/mol. The number of hydrogen-bond donors (Lipinski definition) is 3. The summed E-state index contributed by atoms with van der Waals surface area (Å²) in [7, 11) is 0. The molecule has 0 bridgehead atoms. The van der Waals surface area contributed by atoms with E-state index in [4.69, 9.17) is 9.84 Å². The van der Waals surface area contributed by atoms with Gasteiger partial charge in [-0.25, -0.2) is 14.0 Å². The number of hydrogen-bond acceptors (Lipinski definition) is 4. The molecule has 21 heavy (non-hydrogen) atoms. The molecule has 7 nitrogen and oxygen atoms in total. The number of nitrogens with one attached hydrogen (secondary N) is 2. The predicted octanol–water partition coefficient (Wildman–Crippen LogP) is 0.859. The second kappa shape index (κ2) is 4.42. The summed E-state index contributed by atoms with van der Waals surface area (Å²) < 4.78 is 19.1. The quantitative estimate of drug-likeness (QED) is 0.645. The van der Waals surface area contributed by atoms with Crippen LogP contribution in [-0.4, -0.2) is 29.1 Å². The zero-order chi connectivity index (χ0) is 15.4. The van der Waals surface area contributed by atoms with Crippen LogP contribution in [0.5, 0.6) is 5.75 Å². The molecule has 3 amide bonds. The molecule has 1 aromatic carbocycles. The number of carbonyl (C=O) groups excluding carboxylic acids is 2. The van der Waals surface area contributed by atoms with Crippen LogP contribution in [0, 0.1) is 5.82 Å². The fourth-order valence-corrected chi connectivity index (χ4v) is 3.06. The molecule has 0 aliphatic carbocycles. The van der Waals surface area contributed by atoms with Crippen molar-refractivity contribution >= 4 is 33.8 Å². The Balaban J connectivity index is 2.24. The summed E-state index contributed by atoms with van der Waals surface area (Å²) in [5.41, 5.74) is -1.58. The van der Waals surface area contributed by atoms with Crippen molar-refractivity contribution < 1.29 is 28.6 Å². The normalized spacial score (nSPS) is 26.9. The van der Waals surface area contributed by atoms with Crippen molar-refractivity contribution in [3.63, 3.8) is 0 Å². The molecule has 2 atom stereocenters. The van der Waals surface area contributed by atoms with Gasteiger partial charge >= 0.3 is 12.0 Å². The van der Waals surface area contributed by atoms with E-state index in [9.17, 15) is 18.8 Å². The third-order valence-corrected chi connectivity index (χ3v) is 4.03. The summed E-state index contributed by atoms with van der Waals surface area (Å²) in [6.45, 7) is 0. The minimum Gasteiger partial charge on any atom is -0.479 e. The van der Waals surface area contributed by atoms with E-state index in [0.29, 0.717) is 0 Å². The van der Waals surface area contributed by atoms with Gasteiger partial charge in [-0.05, 0) is 28.1 Å². The first kappa shape index (κ1) is 13.8. The highest BCUT2D eigenvalue weighted by Gasteiger charge is 2.55. The number of rotatable bonds is 1. The van der Waals surface area contributed by atoms with Crippen molar-refractivity contribution in [1.29, 1.82) is 0 Å². The summed E-state index contributed by atoms with van der Waals surface area (Å²) in [6.07, 6.45) is -1.67. The van der Waals surface area contributed by atoms with Gasteiger partial charge in [0, 0.05) is 12.0 Å². The lowest BCUT2D eigenvalue weighted by molar-refractivity contribution is -0.147. The van der Waals surface area contributed by atoms with Gasteiger partial charge in [-0.1, -0.05) is 0 Å². The van der Waals surface area contributed by atoms with Crippen molar-refractivity contribution in [1.82, 2.24) is 10.6 Å². The lowest BCUT2D eigenvalue weighted by Crippen LogP contribution is -2.52. The van der Waals surface area contributed by atoms with Crippen LogP contribution in [0.2, 0.25) is 0 Å². The number of fused-ring (bicyclic) bond motifs is 2. The van der Waals surface area contributed by atoms with Gasteiger partial charge in [0.1, 0.15) is 11.6 Å². The van der Waals surface area contributed by atoms with Gasteiger partial charge in [0.15, 0.2) is 11.6 Å². The molecule has 2 aliphatic heterocycles. The molecule has 1 fully saturated rings. The molecular formula is C12H8BrFN2O5. The number of benzene rings is 1. The number of carboxylic acid groups (broad SMARTS) is 1. The Hall–Kier alpha value is -2.16. The number of aliphatic carboxylic acids is 1. The Morgan fingerprint density at radius 2 is 2.19 bits per heavy atom. The molecule has 0 aromatic heterocycles. The molecular weight excluding hydrogens is 351 g/mol. The summed E-state index contributed by atoms with van der Waals surface area (Å²) >= 11 is 3.07. The van der Waals surface area contributed by atoms with Crippen LogP contribution in [0.1, 0.15) is 12.0 Å². The zero-order valence-electron chi connectivity index (χ0n) is 10.3. The topological polar surface area (TPSA) is 105 Å². The SMILES string of the molecule is O=C1NC(=O)[C@@]2(C[C@@H](C(=O)O)Oc3c(Br)cc(F)cc32)N1. The first-order valence-corrected chi connectivity index (χ1v) is 6.65. The Bertz CT molecular complexity index is 694. The summed E-state index contributed by atoms with van der Waals surface area (Å²) in [4.78, 5) is 34.8. The number of amides is 3. The third kappa shape index (κ3) is 1.96. The molecule has 1 spiro atoms. The highest BCUT2D eigenvalue weighted by atomic mass is 79.9. The van der Waals surface area contributed by atoms with Crippen LogP contribution < -0.4 is 15.4 Å². The molecule has 2 aliphatic rings. The van der Waals surface area contributed by atoms with Gasteiger partial charge in [0.05, 0.1) is 4.47 Å². The van der Waals surface area contributed by atoms with Crippen LogP contribution in [-0.2, 0) is 15.1 Å². The van der Waals surface area contributed by atoms with E-state index in [1.807, 2.05) is 5.32 Å².